The summed E-state index contributed by atoms with van der Waals surface area (Å²) in [6.45, 7) is 2.78. The molecule has 2 aliphatic rings. The normalized spacial score (nSPS) is 26.1. The standard InChI is InChI=1S/C56H105NO13/c1-3-5-7-9-11-13-15-17-18-19-20-21-22-23-24-25-26-27-28-29-31-33-35-37-39-45(60)44(57-48(61)40-38-36-34-32-30-16-14-12-10-8-6-4-2)43-67-55-53(66)51(64)54(47(42-59)69-55)70-56-52(65)50(63)49(62)46(41-58)68-56/h29,31,37,39,44-47,49-56,58-60,62-66H,3-28,30,32-36,38,40-43H2,1-2H3,(H,57,61)/b31-29+,39-37+. The van der Waals surface area contributed by atoms with Gasteiger partial charge in [0.25, 0.3) is 0 Å². The molecule has 0 saturated carbocycles. The first-order valence-corrected chi connectivity index (χ1v) is 28.6. The van der Waals surface area contributed by atoms with Crippen molar-refractivity contribution in [3.05, 3.63) is 24.3 Å². The number of hydrogen-bond donors (Lipinski definition) is 9. The first kappa shape index (κ1) is 64.6. The van der Waals surface area contributed by atoms with Crippen LogP contribution in [0.5, 0.6) is 0 Å². The minimum atomic E-state index is -1.79. The fraction of sp³-hybridized carbons (Fsp3) is 0.911. The van der Waals surface area contributed by atoms with E-state index >= 15 is 0 Å². The molecular formula is C56H105NO13. The summed E-state index contributed by atoms with van der Waals surface area (Å²) in [4.78, 5) is 13.2. The van der Waals surface area contributed by atoms with E-state index in [1.807, 2.05) is 6.08 Å². The van der Waals surface area contributed by atoms with Gasteiger partial charge in [0.15, 0.2) is 12.6 Å². The molecule has 9 N–H and O–H groups in total. The smallest absolute Gasteiger partial charge is 0.220 e. The van der Waals surface area contributed by atoms with Crippen molar-refractivity contribution in [3.63, 3.8) is 0 Å². The summed E-state index contributed by atoms with van der Waals surface area (Å²) >= 11 is 0. The molecule has 14 heteroatoms. The van der Waals surface area contributed by atoms with E-state index in [9.17, 15) is 45.6 Å². The van der Waals surface area contributed by atoms with Gasteiger partial charge in [0.1, 0.15) is 48.8 Å². The van der Waals surface area contributed by atoms with Crippen LogP contribution in [0.4, 0.5) is 0 Å². The van der Waals surface area contributed by atoms with Gasteiger partial charge < -0.3 is 65.1 Å². The summed E-state index contributed by atoms with van der Waals surface area (Å²) in [5.74, 6) is -0.248. The molecule has 14 nitrogen and oxygen atoms in total. The lowest BCUT2D eigenvalue weighted by molar-refractivity contribution is -0.359. The maximum Gasteiger partial charge on any atom is 0.220 e. The van der Waals surface area contributed by atoms with Crippen molar-refractivity contribution in [2.75, 3.05) is 19.8 Å². The van der Waals surface area contributed by atoms with E-state index in [0.717, 1.165) is 32.1 Å². The summed E-state index contributed by atoms with van der Waals surface area (Å²) in [6.07, 6.45) is 32.3. The highest BCUT2D eigenvalue weighted by atomic mass is 16.7. The fourth-order valence-electron chi connectivity index (χ4n) is 9.48. The van der Waals surface area contributed by atoms with Crippen LogP contribution in [0, 0.1) is 0 Å². The van der Waals surface area contributed by atoms with Crippen molar-refractivity contribution in [3.8, 4) is 0 Å². The summed E-state index contributed by atoms with van der Waals surface area (Å²) in [6, 6.07) is -0.926. The second kappa shape index (κ2) is 42.8. The van der Waals surface area contributed by atoms with Gasteiger partial charge in [-0.2, -0.15) is 0 Å². The third-order valence-corrected chi connectivity index (χ3v) is 14.1. The first-order valence-electron chi connectivity index (χ1n) is 28.6. The van der Waals surface area contributed by atoms with Crippen LogP contribution in [-0.2, 0) is 23.7 Å². The Morgan fingerprint density at radius 3 is 1.40 bits per heavy atom. The van der Waals surface area contributed by atoms with Gasteiger partial charge in [-0.25, -0.2) is 0 Å². The Bertz CT molecular complexity index is 1270. The van der Waals surface area contributed by atoms with E-state index in [1.54, 1.807) is 6.08 Å². The van der Waals surface area contributed by atoms with Crippen LogP contribution in [0.15, 0.2) is 24.3 Å². The predicted octanol–water partition coefficient (Wildman–Crippen LogP) is 8.89. The molecule has 0 bridgehead atoms. The van der Waals surface area contributed by atoms with Crippen LogP contribution in [0.2, 0.25) is 0 Å². The zero-order valence-electron chi connectivity index (χ0n) is 44.0. The largest absolute Gasteiger partial charge is 0.394 e. The molecule has 2 aliphatic heterocycles. The third kappa shape index (κ3) is 28.8. The van der Waals surface area contributed by atoms with Gasteiger partial charge in [-0.1, -0.05) is 218 Å². The molecule has 0 radical (unpaired) electrons. The zero-order chi connectivity index (χ0) is 51.0. The lowest BCUT2D eigenvalue weighted by Gasteiger charge is -2.46. The maximum absolute atomic E-state index is 13.2. The number of hydrogen-bond acceptors (Lipinski definition) is 13. The molecule has 12 unspecified atom stereocenters. The number of allylic oxidation sites excluding steroid dienone is 3. The molecule has 2 saturated heterocycles. The number of nitrogens with one attached hydrogen (secondary N) is 1. The molecule has 1 amide bonds. The van der Waals surface area contributed by atoms with Gasteiger partial charge in [0.2, 0.25) is 5.91 Å². The molecule has 412 valence electrons. The second-order valence-electron chi connectivity index (χ2n) is 20.4. The van der Waals surface area contributed by atoms with E-state index in [4.69, 9.17) is 18.9 Å². The van der Waals surface area contributed by atoms with Crippen LogP contribution < -0.4 is 5.32 Å². The van der Waals surface area contributed by atoms with E-state index < -0.39 is 86.8 Å². The van der Waals surface area contributed by atoms with Crippen molar-refractivity contribution in [1.29, 1.82) is 0 Å². The molecule has 0 aromatic rings. The molecule has 70 heavy (non-hydrogen) atoms. The third-order valence-electron chi connectivity index (χ3n) is 14.1. The maximum atomic E-state index is 13.2. The minimum absolute atomic E-state index is 0.248. The predicted molar refractivity (Wildman–Crippen MR) is 277 cm³/mol. The Labute approximate surface area is 424 Å². The number of ether oxygens (including phenoxy) is 4. The lowest BCUT2D eigenvalue weighted by Crippen LogP contribution is -2.65. The molecule has 2 heterocycles. The first-order chi connectivity index (χ1) is 34.1. The molecule has 2 fully saturated rings. The van der Waals surface area contributed by atoms with E-state index in [1.165, 1.54) is 167 Å². The monoisotopic (exact) mass is 1000 g/mol. The van der Waals surface area contributed by atoms with Crippen LogP contribution in [0.1, 0.15) is 232 Å². The molecule has 2 rings (SSSR count). The molecule has 0 aliphatic carbocycles. The van der Waals surface area contributed by atoms with Crippen LogP contribution in [-0.4, -0.2) is 140 Å². The number of carbonyl (C=O) groups is 1. The molecule has 12 atom stereocenters. The SMILES string of the molecule is CCCCCCCCCCCCCCCCCCCC/C=C/CC/C=C/C(O)C(COC1OC(CO)C(OC2OC(CO)C(O)C(O)C2O)C(O)C1O)NC(=O)CCCCCCCCCCCCCC. The fourth-order valence-corrected chi connectivity index (χ4v) is 9.48. The number of amides is 1. The Morgan fingerprint density at radius 1 is 0.500 bits per heavy atom. The molecule has 0 spiro atoms. The van der Waals surface area contributed by atoms with Gasteiger partial charge in [-0.3, -0.25) is 4.79 Å². The lowest BCUT2D eigenvalue weighted by atomic mass is 9.97. The van der Waals surface area contributed by atoms with Crippen LogP contribution in [0.3, 0.4) is 0 Å². The second-order valence-corrected chi connectivity index (χ2v) is 20.4. The van der Waals surface area contributed by atoms with Gasteiger partial charge in [-0.15, -0.1) is 0 Å². The number of rotatable bonds is 45. The van der Waals surface area contributed by atoms with Crippen LogP contribution >= 0.6 is 0 Å². The number of aliphatic hydroxyl groups excluding tert-OH is 8. The van der Waals surface area contributed by atoms with Gasteiger partial charge >= 0.3 is 0 Å². The van der Waals surface area contributed by atoms with E-state index in [0.29, 0.717) is 12.8 Å². The number of aliphatic hydroxyl groups is 8. The van der Waals surface area contributed by atoms with Crippen molar-refractivity contribution in [1.82, 2.24) is 5.32 Å². The van der Waals surface area contributed by atoms with E-state index in [-0.39, 0.29) is 18.9 Å². The number of unbranched alkanes of at least 4 members (excludes halogenated alkanes) is 30. The van der Waals surface area contributed by atoms with Gasteiger partial charge in [0, 0.05) is 6.42 Å². The van der Waals surface area contributed by atoms with Crippen molar-refractivity contribution in [2.45, 2.75) is 306 Å². The summed E-state index contributed by atoms with van der Waals surface area (Å²) in [5.41, 5.74) is 0. The van der Waals surface area contributed by atoms with Crippen LogP contribution in [0.25, 0.3) is 0 Å². The molecular weight excluding hydrogens is 895 g/mol. The Hall–Kier alpha value is -1.53. The Morgan fingerprint density at radius 2 is 0.914 bits per heavy atom. The molecule has 0 aromatic heterocycles. The minimum Gasteiger partial charge on any atom is -0.394 e. The highest BCUT2D eigenvalue weighted by Gasteiger charge is 2.51. The zero-order valence-corrected chi connectivity index (χ0v) is 44.0. The van der Waals surface area contributed by atoms with Crippen molar-refractivity contribution >= 4 is 5.91 Å². The van der Waals surface area contributed by atoms with Gasteiger partial charge in [0.05, 0.1) is 32.0 Å². The average molecular weight is 1000 g/mol. The molecule has 0 aromatic carbocycles. The van der Waals surface area contributed by atoms with E-state index in [2.05, 4.69) is 31.3 Å². The topological polar surface area (TPSA) is 228 Å². The Balaban J connectivity index is 1.77. The van der Waals surface area contributed by atoms with Gasteiger partial charge in [-0.05, 0) is 32.1 Å². The quantitative estimate of drug-likeness (QED) is 0.0205. The highest BCUT2D eigenvalue weighted by molar-refractivity contribution is 5.76. The van der Waals surface area contributed by atoms with Crippen molar-refractivity contribution < 1.29 is 64.6 Å². The number of carbonyl (C=O) groups excluding carboxylic acids is 1. The Kier molecular flexibility index (Phi) is 39.5. The average Bonchev–Trinajstić information content (AvgIpc) is 3.36. The summed E-state index contributed by atoms with van der Waals surface area (Å²) in [7, 11) is 0. The summed E-state index contributed by atoms with van der Waals surface area (Å²) in [5, 5.41) is 86.9. The van der Waals surface area contributed by atoms with Crippen molar-refractivity contribution in [2.24, 2.45) is 0 Å². The summed E-state index contributed by atoms with van der Waals surface area (Å²) < 4.78 is 22.7. The highest BCUT2D eigenvalue weighted by Crippen LogP contribution is 2.30.